The molecule has 0 aliphatic carbocycles. The third-order valence-corrected chi connectivity index (χ3v) is 3.64. The van der Waals surface area contributed by atoms with Crippen molar-refractivity contribution in [1.82, 2.24) is 10.2 Å². The molecule has 0 aromatic heterocycles. The molecule has 104 valence electrons. The molecule has 1 heterocycles. The summed E-state index contributed by atoms with van der Waals surface area (Å²) in [5, 5.41) is 3.51. The Bertz CT molecular complexity index is 237. The third kappa shape index (κ3) is 4.92. The molecule has 18 heavy (non-hydrogen) atoms. The van der Waals surface area contributed by atoms with Crippen LogP contribution in [0.3, 0.4) is 0 Å². The maximum absolute atomic E-state index is 5.52. The van der Waals surface area contributed by atoms with Crippen molar-refractivity contribution in [1.29, 1.82) is 0 Å². The third-order valence-electron chi connectivity index (χ3n) is 3.64. The van der Waals surface area contributed by atoms with Crippen LogP contribution in [0, 0.1) is 5.41 Å². The molecule has 0 radical (unpaired) electrons. The minimum Gasteiger partial charge on any atom is -0.381 e. The maximum atomic E-state index is 5.52. The minimum atomic E-state index is 0.347. The Morgan fingerprint density at radius 2 is 1.83 bits per heavy atom. The zero-order valence-corrected chi connectivity index (χ0v) is 11.8. The Balaban J connectivity index is 2.61. The van der Waals surface area contributed by atoms with Crippen LogP contribution in [0.1, 0.15) is 19.8 Å². The molecule has 1 aliphatic heterocycles. The van der Waals surface area contributed by atoms with E-state index < -0.39 is 0 Å². The van der Waals surface area contributed by atoms with Crippen LogP contribution in [0.2, 0.25) is 0 Å². The summed E-state index contributed by atoms with van der Waals surface area (Å²) >= 11 is 0. The van der Waals surface area contributed by atoms with Gasteiger partial charge in [-0.25, -0.2) is 0 Å². The van der Waals surface area contributed by atoms with Gasteiger partial charge in [0.05, 0.1) is 0 Å². The summed E-state index contributed by atoms with van der Waals surface area (Å²) in [7, 11) is 0. The highest BCUT2D eigenvalue weighted by atomic mass is 16.5. The van der Waals surface area contributed by atoms with Crippen molar-refractivity contribution in [2.24, 2.45) is 5.41 Å². The number of hydrogen-bond donors (Lipinski definition) is 1. The van der Waals surface area contributed by atoms with Crippen LogP contribution in [0.5, 0.6) is 0 Å². The van der Waals surface area contributed by atoms with Crippen molar-refractivity contribution in [2.75, 3.05) is 45.9 Å². The Morgan fingerprint density at radius 1 is 1.22 bits per heavy atom. The highest BCUT2D eigenvalue weighted by molar-refractivity contribution is 4.90. The van der Waals surface area contributed by atoms with Gasteiger partial charge in [-0.05, 0) is 24.8 Å². The molecule has 0 spiro atoms. The molecule has 0 unspecified atom stereocenters. The molecule has 3 heteroatoms. The van der Waals surface area contributed by atoms with E-state index >= 15 is 0 Å². The van der Waals surface area contributed by atoms with E-state index in [4.69, 9.17) is 4.74 Å². The van der Waals surface area contributed by atoms with E-state index in [2.05, 4.69) is 30.3 Å². The number of ether oxygens (including phenoxy) is 1. The molecule has 1 fully saturated rings. The Labute approximate surface area is 112 Å². The minimum absolute atomic E-state index is 0.347. The lowest BCUT2D eigenvalue weighted by molar-refractivity contribution is -0.000861. The van der Waals surface area contributed by atoms with Gasteiger partial charge in [0.2, 0.25) is 0 Å². The smallest absolute Gasteiger partial charge is 0.0472 e. The van der Waals surface area contributed by atoms with Crippen molar-refractivity contribution in [3.63, 3.8) is 0 Å². The number of nitrogens with zero attached hydrogens (tertiary/aromatic N) is 1. The molecule has 0 aromatic rings. The van der Waals surface area contributed by atoms with E-state index in [0.717, 1.165) is 58.8 Å². The van der Waals surface area contributed by atoms with Crippen LogP contribution < -0.4 is 5.32 Å². The van der Waals surface area contributed by atoms with Crippen LogP contribution in [-0.4, -0.2) is 50.8 Å². The van der Waals surface area contributed by atoms with Crippen molar-refractivity contribution < 1.29 is 4.74 Å². The summed E-state index contributed by atoms with van der Waals surface area (Å²) in [5.74, 6) is 0. The highest BCUT2D eigenvalue weighted by Gasteiger charge is 2.33. The van der Waals surface area contributed by atoms with E-state index in [9.17, 15) is 0 Å². The molecule has 0 atom stereocenters. The van der Waals surface area contributed by atoms with Crippen LogP contribution in [0.4, 0.5) is 0 Å². The molecule has 1 N–H and O–H groups in total. The standard InChI is InChI=1S/C15H28N2O/c1-4-9-17(10-5-2)14-15(13-16-6-3)7-11-18-12-8-15/h4-5,16H,1-2,6-14H2,3H3. The first-order valence-electron chi connectivity index (χ1n) is 6.99. The summed E-state index contributed by atoms with van der Waals surface area (Å²) in [6.07, 6.45) is 6.24. The molecule has 1 rings (SSSR count). The molecule has 0 bridgehead atoms. The van der Waals surface area contributed by atoms with E-state index in [-0.39, 0.29) is 0 Å². The quantitative estimate of drug-likeness (QED) is 0.636. The first-order chi connectivity index (χ1) is 8.76. The maximum Gasteiger partial charge on any atom is 0.0472 e. The van der Waals surface area contributed by atoms with Gasteiger partial charge >= 0.3 is 0 Å². The molecule has 1 saturated heterocycles. The first kappa shape index (κ1) is 15.4. The van der Waals surface area contributed by atoms with Gasteiger partial charge in [0.25, 0.3) is 0 Å². The second-order valence-corrected chi connectivity index (χ2v) is 5.16. The van der Waals surface area contributed by atoms with Gasteiger partial charge in [-0.15, -0.1) is 13.2 Å². The number of rotatable bonds is 9. The van der Waals surface area contributed by atoms with Gasteiger partial charge in [0.15, 0.2) is 0 Å². The van der Waals surface area contributed by atoms with Gasteiger partial charge in [0.1, 0.15) is 0 Å². The van der Waals surface area contributed by atoms with Crippen molar-refractivity contribution >= 4 is 0 Å². The second-order valence-electron chi connectivity index (χ2n) is 5.16. The number of hydrogen-bond acceptors (Lipinski definition) is 3. The zero-order chi connectivity index (χ0) is 13.3. The average Bonchev–Trinajstić information content (AvgIpc) is 2.38. The lowest BCUT2D eigenvalue weighted by Gasteiger charge is -2.41. The normalized spacial score (nSPS) is 18.8. The fraction of sp³-hybridized carbons (Fsp3) is 0.733. The molecular formula is C15H28N2O. The van der Waals surface area contributed by atoms with Crippen molar-refractivity contribution in [3.05, 3.63) is 25.3 Å². The predicted molar refractivity (Wildman–Crippen MR) is 77.9 cm³/mol. The van der Waals surface area contributed by atoms with Gasteiger partial charge < -0.3 is 10.1 Å². The SMILES string of the molecule is C=CCN(CC=C)CC1(CNCC)CCOCC1. The summed E-state index contributed by atoms with van der Waals surface area (Å²) in [5.41, 5.74) is 0.347. The van der Waals surface area contributed by atoms with Gasteiger partial charge in [0, 0.05) is 39.4 Å². The molecule has 0 saturated carbocycles. The van der Waals surface area contributed by atoms with Crippen LogP contribution >= 0.6 is 0 Å². The lowest BCUT2D eigenvalue weighted by atomic mass is 9.79. The zero-order valence-electron chi connectivity index (χ0n) is 11.8. The Hall–Kier alpha value is -0.640. The largest absolute Gasteiger partial charge is 0.381 e. The Kier molecular flexibility index (Phi) is 7.25. The second kappa shape index (κ2) is 8.46. The van der Waals surface area contributed by atoms with E-state index in [0.29, 0.717) is 5.41 Å². The first-order valence-corrected chi connectivity index (χ1v) is 6.99. The van der Waals surface area contributed by atoms with E-state index in [1.165, 1.54) is 0 Å². The van der Waals surface area contributed by atoms with Gasteiger partial charge in [-0.1, -0.05) is 19.1 Å². The summed E-state index contributed by atoms with van der Waals surface area (Å²) < 4.78 is 5.52. The fourth-order valence-corrected chi connectivity index (χ4v) is 2.63. The molecule has 0 aromatic carbocycles. The van der Waals surface area contributed by atoms with Gasteiger partial charge in [-0.3, -0.25) is 4.90 Å². The fourth-order valence-electron chi connectivity index (χ4n) is 2.63. The molecular weight excluding hydrogens is 224 g/mol. The monoisotopic (exact) mass is 252 g/mol. The molecule has 0 amide bonds. The van der Waals surface area contributed by atoms with Crippen LogP contribution in [-0.2, 0) is 4.74 Å². The number of nitrogens with one attached hydrogen (secondary N) is 1. The van der Waals surface area contributed by atoms with Crippen molar-refractivity contribution in [3.8, 4) is 0 Å². The molecule has 1 aliphatic rings. The van der Waals surface area contributed by atoms with E-state index in [1.807, 2.05) is 12.2 Å². The van der Waals surface area contributed by atoms with Gasteiger partial charge in [-0.2, -0.15) is 0 Å². The Morgan fingerprint density at radius 3 is 2.33 bits per heavy atom. The summed E-state index contributed by atoms with van der Waals surface area (Å²) in [4.78, 5) is 2.42. The van der Waals surface area contributed by atoms with E-state index in [1.54, 1.807) is 0 Å². The van der Waals surface area contributed by atoms with Crippen LogP contribution in [0.25, 0.3) is 0 Å². The molecule has 3 nitrogen and oxygen atoms in total. The summed E-state index contributed by atoms with van der Waals surface area (Å²) in [6.45, 7) is 16.7. The van der Waals surface area contributed by atoms with Crippen molar-refractivity contribution in [2.45, 2.75) is 19.8 Å². The highest BCUT2D eigenvalue weighted by Crippen LogP contribution is 2.31. The summed E-state index contributed by atoms with van der Waals surface area (Å²) in [6, 6.07) is 0. The topological polar surface area (TPSA) is 24.5 Å². The predicted octanol–water partition coefficient (Wildman–Crippen LogP) is 2.07. The lowest BCUT2D eigenvalue weighted by Crippen LogP contribution is -2.47. The average molecular weight is 252 g/mol. The van der Waals surface area contributed by atoms with Crippen LogP contribution in [0.15, 0.2) is 25.3 Å².